The molecule has 0 atom stereocenters. The minimum atomic E-state index is 0.0491. The van der Waals surface area contributed by atoms with Crippen molar-refractivity contribution in [2.75, 3.05) is 12.3 Å². The quantitative estimate of drug-likeness (QED) is 0.850. The lowest BCUT2D eigenvalue weighted by Crippen LogP contribution is -2.35. The first kappa shape index (κ1) is 11.9. The number of carbonyl (C=O) groups is 1. The van der Waals surface area contributed by atoms with Crippen LogP contribution in [0, 0.1) is 11.3 Å². The van der Waals surface area contributed by atoms with Gasteiger partial charge in [-0.2, -0.15) is 5.26 Å². The van der Waals surface area contributed by atoms with Crippen LogP contribution >= 0.6 is 11.3 Å². The molecule has 1 aromatic heterocycles. The Bertz CT molecular complexity index is 447. The summed E-state index contributed by atoms with van der Waals surface area (Å²) in [6.07, 6.45) is 2.78. The number of carbonyl (C=O) groups excluding carboxylic acids is 1. The SMILES string of the molecule is N#CCCN(C(=O)Cc1csc(N)n1)C1CC1. The third-order valence-electron chi connectivity index (χ3n) is 2.67. The minimum absolute atomic E-state index is 0.0491. The molecule has 1 aliphatic carbocycles. The van der Waals surface area contributed by atoms with E-state index in [0.717, 1.165) is 18.5 Å². The van der Waals surface area contributed by atoms with Crippen molar-refractivity contribution in [2.45, 2.75) is 31.7 Å². The Balaban J connectivity index is 1.94. The molecule has 1 amide bonds. The van der Waals surface area contributed by atoms with Gasteiger partial charge in [-0.1, -0.05) is 0 Å². The molecule has 0 bridgehead atoms. The number of aromatic nitrogens is 1. The highest BCUT2D eigenvalue weighted by Gasteiger charge is 2.32. The van der Waals surface area contributed by atoms with Gasteiger partial charge in [0.25, 0.3) is 0 Å². The van der Waals surface area contributed by atoms with E-state index in [4.69, 9.17) is 11.0 Å². The van der Waals surface area contributed by atoms with E-state index >= 15 is 0 Å². The van der Waals surface area contributed by atoms with Crippen LogP contribution in [-0.2, 0) is 11.2 Å². The number of rotatable bonds is 5. The number of thiazole rings is 1. The van der Waals surface area contributed by atoms with E-state index in [1.165, 1.54) is 11.3 Å². The molecule has 5 nitrogen and oxygen atoms in total. The van der Waals surface area contributed by atoms with Gasteiger partial charge in [-0.25, -0.2) is 4.98 Å². The van der Waals surface area contributed by atoms with Crippen molar-refractivity contribution in [3.8, 4) is 6.07 Å². The lowest BCUT2D eigenvalue weighted by atomic mass is 10.2. The van der Waals surface area contributed by atoms with Crippen LogP contribution in [0.5, 0.6) is 0 Å². The zero-order valence-electron chi connectivity index (χ0n) is 9.43. The highest BCUT2D eigenvalue weighted by molar-refractivity contribution is 7.13. The number of nitrogens with zero attached hydrogens (tertiary/aromatic N) is 3. The van der Waals surface area contributed by atoms with Crippen LogP contribution in [-0.4, -0.2) is 28.4 Å². The lowest BCUT2D eigenvalue weighted by Gasteiger charge is -2.20. The van der Waals surface area contributed by atoms with Crippen LogP contribution in [0.4, 0.5) is 5.13 Å². The summed E-state index contributed by atoms with van der Waals surface area (Å²) >= 11 is 1.34. The molecule has 0 unspecified atom stereocenters. The molecule has 0 aromatic carbocycles. The summed E-state index contributed by atoms with van der Waals surface area (Å²) in [6, 6.07) is 2.42. The maximum Gasteiger partial charge on any atom is 0.228 e. The van der Waals surface area contributed by atoms with Crippen molar-refractivity contribution >= 4 is 22.4 Å². The van der Waals surface area contributed by atoms with Crippen LogP contribution in [0.15, 0.2) is 5.38 Å². The lowest BCUT2D eigenvalue weighted by molar-refractivity contribution is -0.131. The smallest absolute Gasteiger partial charge is 0.228 e. The van der Waals surface area contributed by atoms with E-state index in [0.29, 0.717) is 24.1 Å². The number of nitriles is 1. The van der Waals surface area contributed by atoms with Crippen LogP contribution in [0.25, 0.3) is 0 Å². The third-order valence-corrected chi connectivity index (χ3v) is 3.40. The molecule has 0 saturated heterocycles. The predicted molar refractivity (Wildman–Crippen MR) is 65.2 cm³/mol. The van der Waals surface area contributed by atoms with Gasteiger partial charge >= 0.3 is 0 Å². The Labute approximate surface area is 104 Å². The van der Waals surface area contributed by atoms with Crippen molar-refractivity contribution in [3.05, 3.63) is 11.1 Å². The molecule has 1 aromatic rings. The summed E-state index contributed by atoms with van der Waals surface area (Å²) in [4.78, 5) is 17.9. The monoisotopic (exact) mass is 250 g/mol. The number of nitrogens with two attached hydrogens (primary N) is 1. The molecular weight excluding hydrogens is 236 g/mol. The summed E-state index contributed by atoms with van der Waals surface area (Å²) in [5.74, 6) is 0.0491. The normalized spacial score (nSPS) is 14.3. The van der Waals surface area contributed by atoms with Gasteiger partial charge < -0.3 is 10.6 Å². The minimum Gasteiger partial charge on any atom is -0.375 e. The first-order valence-corrected chi connectivity index (χ1v) is 6.45. The largest absolute Gasteiger partial charge is 0.375 e. The zero-order chi connectivity index (χ0) is 12.3. The van der Waals surface area contributed by atoms with Crippen molar-refractivity contribution in [1.29, 1.82) is 5.26 Å². The standard InChI is InChI=1S/C11H14N4OS/c12-4-1-5-15(9-2-3-9)10(16)6-8-7-17-11(13)14-8/h7,9H,1-3,5-6H2,(H2,13,14). The fraction of sp³-hybridized carbons (Fsp3) is 0.545. The Morgan fingerprint density at radius 2 is 2.47 bits per heavy atom. The molecule has 1 heterocycles. The van der Waals surface area contributed by atoms with Gasteiger partial charge in [0.1, 0.15) is 0 Å². The second-order valence-corrected chi connectivity index (χ2v) is 4.97. The van der Waals surface area contributed by atoms with Gasteiger partial charge in [-0.3, -0.25) is 4.79 Å². The summed E-state index contributed by atoms with van der Waals surface area (Å²) < 4.78 is 0. The second-order valence-electron chi connectivity index (χ2n) is 4.08. The highest BCUT2D eigenvalue weighted by atomic mass is 32.1. The fourth-order valence-corrected chi connectivity index (χ4v) is 2.29. The van der Waals surface area contributed by atoms with Crippen molar-refractivity contribution in [2.24, 2.45) is 0 Å². The average molecular weight is 250 g/mol. The molecule has 6 heteroatoms. The van der Waals surface area contributed by atoms with Crippen LogP contribution in [0.3, 0.4) is 0 Å². The molecular formula is C11H14N4OS. The number of nitrogen functional groups attached to an aromatic ring is 1. The van der Waals surface area contributed by atoms with Crippen molar-refractivity contribution < 1.29 is 4.79 Å². The van der Waals surface area contributed by atoms with E-state index in [1.54, 1.807) is 4.90 Å². The van der Waals surface area contributed by atoms with Gasteiger partial charge in [0.2, 0.25) is 5.91 Å². The van der Waals surface area contributed by atoms with Crippen LogP contribution < -0.4 is 5.73 Å². The topological polar surface area (TPSA) is 83.0 Å². The predicted octanol–water partition coefficient (Wildman–Crippen LogP) is 1.17. The molecule has 2 N–H and O–H groups in total. The number of amides is 1. The van der Waals surface area contributed by atoms with Gasteiger partial charge in [0, 0.05) is 18.0 Å². The highest BCUT2D eigenvalue weighted by Crippen LogP contribution is 2.27. The van der Waals surface area contributed by atoms with Gasteiger partial charge in [0.15, 0.2) is 5.13 Å². The molecule has 1 saturated carbocycles. The first-order valence-electron chi connectivity index (χ1n) is 5.57. The third kappa shape index (κ3) is 3.17. The Morgan fingerprint density at radius 1 is 1.71 bits per heavy atom. The molecule has 0 aliphatic heterocycles. The molecule has 17 heavy (non-hydrogen) atoms. The average Bonchev–Trinajstić information content (AvgIpc) is 3.04. The van der Waals surface area contributed by atoms with Crippen LogP contribution in [0.1, 0.15) is 25.0 Å². The van der Waals surface area contributed by atoms with Gasteiger partial charge in [-0.15, -0.1) is 11.3 Å². The summed E-state index contributed by atoms with van der Waals surface area (Å²) in [5, 5.41) is 10.9. The Kier molecular flexibility index (Phi) is 3.59. The second kappa shape index (κ2) is 5.15. The number of anilines is 1. The number of hydrogen-bond acceptors (Lipinski definition) is 5. The number of hydrogen-bond donors (Lipinski definition) is 1. The van der Waals surface area contributed by atoms with Crippen LogP contribution in [0.2, 0.25) is 0 Å². The van der Waals surface area contributed by atoms with Gasteiger partial charge in [0.05, 0.1) is 24.6 Å². The Hall–Kier alpha value is -1.61. The van der Waals surface area contributed by atoms with Gasteiger partial charge in [-0.05, 0) is 12.8 Å². The van der Waals surface area contributed by atoms with E-state index in [9.17, 15) is 4.79 Å². The summed E-state index contributed by atoms with van der Waals surface area (Å²) in [5.41, 5.74) is 6.24. The van der Waals surface area contributed by atoms with Crippen molar-refractivity contribution in [3.63, 3.8) is 0 Å². The molecule has 0 radical (unpaired) electrons. The molecule has 90 valence electrons. The molecule has 2 rings (SSSR count). The summed E-state index contributed by atoms with van der Waals surface area (Å²) in [7, 11) is 0. The van der Waals surface area contributed by atoms with Crippen molar-refractivity contribution in [1.82, 2.24) is 9.88 Å². The molecule has 1 fully saturated rings. The Morgan fingerprint density at radius 3 is 3.00 bits per heavy atom. The zero-order valence-corrected chi connectivity index (χ0v) is 10.2. The van der Waals surface area contributed by atoms with E-state index in [2.05, 4.69) is 11.1 Å². The van der Waals surface area contributed by atoms with E-state index in [-0.39, 0.29) is 12.3 Å². The summed E-state index contributed by atoms with van der Waals surface area (Å²) in [6.45, 7) is 0.527. The molecule has 0 spiro atoms. The maximum atomic E-state index is 12.0. The first-order chi connectivity index (χ1) is 8.20. The van der Waals surface area contributed by atoms with E-state index in [1.807, 2.05) is 5.38 Å². The maximum absolute atomic E-state index is 12.0. The fourth-order valence-electron chi connectivity index (χ4n) is 1.73. The molecule has 1 aliphatic rings. The van der Waals surface area contributed by atoms with E-state index < -0.39 is 0 Å².